The van der Waals surface area contributed by atoms with Crippen LogP contribution in [0.3, 0.4) is 0 Å². The Hall–Kier alpha value is -3.71. The first-order valence-electron chi connectivity index (χ1n) is 12.2. The Balaban J connectivity index is 0.00000121. The fourth-order valence-electron chi connectivity index (χ4n) is 4.26. The second-order valence-electron chi connectivity index (χ2n) is 8.90. The summed E-state index contributed by atoms with van der Waals surface area (Å²) in [5.74, 6) is 5.15. The van der Waals surface area contributed by atoms with Crippen LogP contribution in [0.5, 0.6) is 0 Å². The van der Waals surface area contributed by atoms with Crippen LogP contribution < -0.4 is 21.7 Å². The van der Waals surface area contributed by atoms with Crippen molar-refractivity contribution in [3.05, 3.63) is 54.0 Å². The van der Waals surface area contributed by atoms with Crippen molar-refractivity contribution < 1.29 is 18.0 Å². The molecule has 1 aromatic carbocycles. The predicted octanol–water partition coefficient (Wildman–Crippen LogP) is 4.74. The molecule has 1 aliphatic rings. The number of primary amides is 1. The Bertz CT molecular complexity index is 1240. The van der Waals surface area contributed by atoms with Crippen molar-refractivity contribution in [1.82, 2.24) is 14.9 Å². The lowest BCUT2D eigenvalue weighted by atomic mass is 9.95. The van der Waals surface area contributed by atoms with Gasteiger partial charge < -0.3 is 26.3 Å². The largest absolute Gasteiger partial charge is 0.406 e. The molecular formula is C27H33F3N6O. The van der Waals surface area contributed by atoms with E-state index < -0.39 is 18.6 Å². The number of carbonyl (C=O) groups is 1. The van der Waals surface area contributed by atoms with Crippen LogP contribution >= 0.6 is 0 Å². The average Bonchev–Trinajstić information content (AvgIpc) is 3.20. The summed E-state index contributed by atoms with van der Waals surface area (Å²) < 4.78 is 41.3. The fraction of sp³-hybridized carbons (Fsp3) is 0.407. The van der Waals surface area contributed by atoms with Crippen molar-refractivity contribution in [3.63, 3.8) is 0 Å². The Kier molecular flexibility index (Phi) is 9.80. The summed E-state index contributed by atoms with van der Waals surface area (Å²) in [6.45, 7) is -0.919. The van der Waals surface area contributed by atoms with E-state index in [1.807, 2.05) is 20.2 Å². The minimum absolute atomic E-state index is 0.144. The number of hydrogen-bond acceptors (Lipinski definition) is 5. The average molecular weight is 515 g/mol. The number of rotatable bonds is 6. The molecule has 0 saturated heterocycles. The molecule has 5 N–H and O–H groups in total. The number of pyridine rings is 1. The second-order valence-corrected chi connectivity index (χ2v) is 8.90. The van der Waals surface area contributed by atoms with Crippen molar-refractivity contribution in [2.24, 2.45) is 5.73 Å². The fourth-order valence-corrected chi connectivity index (χ4v) is 4.26. The molecule has 0 atom stereocenters. The third-order valence-corrected chi connectivity index (χ3v) is 5.86. The smallest absolute Gasteiger partial charge is 0.382 e. The number of benzene rings is 1. The molecule has 2 aromatic heterocycles. The number of hydrogen-bond donors (Lipinski definition) is 4. The molecule has 4 rings (SSSR count). The van der Waals surface area contributed by atoms with Gasteiger partial charge in [0.2, 0.25) is 0 Å². The highest BCUT2D eigenvalue weighted by atomic mass is 19.4. The lowest BCUT2D eigenvalue weighted by molar-refractivity contribution is -0.140. The molecular weight excluding hydrogens is 481 g/mol. The van der Waals surface area contributed by atoms with Crippen molar-refractivity contribution in [3.8, 4) is 11.8 Å². The van der Waals surface area contributed by atoms with Gasteiger partial charge in [-0.05, 0) is 63.2 Å². The molecule has 0 spiro atoms. The van der Waals surface area contributed by atoms with Crippen molar-refractivity contribution in [2.45, 2.75) is 50.9 Å². The zero-order valence-electron chi connectivity index (χ0n) is 21.1. The summed E-state index contributed by atoms with van der Waals surface area (Å²) >= 11 is 0. The van der Waals surface area contributed by atoms with E-state index in [2.05, 4.69) is 32.8 Å². The quantitative estimate of drug-likeness (QED) is 0.356. The molecule has 1 aliphatic carbocycles. The Morgan fingerprint density at radius 3 is 2.51 bits per heavy atom. The summed E-state index contributed by atoms with van der Waals surface area (Å²) in [4.78, 5) is 15.0. The minimum atomic E-state index is -4.37. The zero-order chi connectivity index (χ0) is 26.8. The number of amides is 1. The molecule has 3 aromatic rings. The second kappa shape index (κ2) is 13.0. The third-order valence-electron chi connectivity index (χ3n) is 5.86. The number of halogens is 3. The maximum absolute atomic E-state index is 13.4. The molecule has 198 valence electrons. The van der Waals surface area contributed by atoms with E-state index in [1.165, 1.54) is 23.3 Å². The van der Waals surface area contributed by atoms with E-state index in [1.54, 1.807) is 24.3 Å². The van der Waals surface area contributed by atoms with Crippen LogP contribution in [-0.2, 0) is 6.54 Å². The van der Waals surface area contributed by atoms with Gasteiger partial charge in [-0.2, -0.15) is 13.2 Å². The molecule has 0 aliphatic heterocycles. The van der Waals surface area contributed by atoms with E-state index in [9.17, 15) is 18.0 Å². The van der Waals surface area contributed by atoms with E-state index >= 15 is 0 Å². The van der Waals surface area contributed by atoms with Crippen molar-refractivity contribution >= 4 is 28.2 Å². The molecule has 0 unspecified atom stereocenters. The van der Waals surface area contributed by atoms with Gasteiger partial charge in [0, 0.05) is 17.1 Å². The number of nitrogens with zero attached hydrogens (tertiary/aromatic N) is 2. The number of nitrogens with one attached hydrogen (secondary N) is 3. The highest BCUT2D eigenvalue weighted by Gasteiger charge is 2.30. The summed E-state index contributed by atoms with van der Waals surface area (Å²) in [6, 6.07) is 10.6. The number of anilines is 2. The standard InChI is InChI=1S/C25H26F3N5O.C2H7N/c26-25(27,28)16-33-19(8-5-13-30-18-11-12-22(24(29)34)31-15-18)14-20-21(9-4-10-23(20)33)32-17-6-2-1-3-7-17;1-3-2/h4,9-12,14-15,17,30,32H,1-3,6-7,13,16H2,(H2,29,34);3H,1-2H3. The Morgan fingerprint density at radius 2 is 1.89 bits per heavy atom. The number of fused-ring (bicyclic) bond motifs is 1. The number of carbonyl (C=O) groups excluding carboxylic acids is 1. The van der Waals surface area contributed by atoms with Gasteiger partial charge in [0.25, 0.3) is 5.91 Å². The summed E-state index contributed by atoms with van der Waals surface area (Å²) in [6.07, 6.45) is 2.75. The molecule has 0 bridgehead atoms. The lowest BCUT2D eigenvalue weighted by Crippen LogP contribution is -2.22. The van der Waals surface area contributed by atoms with Crippen LogP contribution in [0.15, 0.2) is 42.6 Å². The Labute approximate surface area is 215 Å². The number of alkyl halides is 3. The van der Waals surface area contributed by atoms with Crippen LogP contribution in [-0.4, -0.2) is 48.3 Å². The first-order chi connectivity index (χ1) is 17.7. The molecule has 1 saturated carbocycles. The zero-order valence-corrected chi connectivity index (χ0v) is 21.1. The van der Waals surface area contributed by atoms with Crippen LogP contribution in [0.4, 0.5) is 24.5 Å². The van der Waals surface area contributed by atoms with Crippen molar-refractivity contribution in [2.75, 3.05) is 31.3 Å². The molecule has 10 heteroatoms. The highest BCUT2D eigenvalue weighted by molar-refractivity contribution is 5.94. The highest BCUT2D eigenvalue weighted by Crippen LogP contribution is 2.32. The number of aromatic nitrogens is 2. The predicted molar refractivity (Wildman–Crippen MR) is 142 cm³/mol. The van der Waals surface area contributed by atoms with Gasteiger partial charge in [-0.1, -0.05) is 31.2 Å². The van der Waals surface area contributed by atoms with Crippen LogP contribution in [0.1, 0.15) is 48.3 Å². The molecule has 1 amide bonds. The molecule has 37 heavy (non-hydrogen) atoms. The van der Waals surface area contributed by atoms with E-state index in [-0.39, 0.29) is 12.2 Å². The summed E-state index contributed by atoms with van der Waals surface area (Å²) in [7, 11) is 3.75. The Morgan fingerprint density at radius 1 is 1.16 bits per heavy atom. The lowest BCUT2D eigenvalue weighted by Gasteiger charge is -2.24. The topological polar surface area (TPSA) is 97.0 Å². The normalized spacial score (nSPS) is 13.8. The van der Waals surface area contributed by atoms with Gasteiger partial charge in [-0.15, -0.1) is 0 Å². The van der Waals surface area contributed by atoms with Gasteiger partial charge in [-0.25, -0.2) is 4.98 Å². The minimum Gasteiger partial charge on any atom is -0.382 e. The summed E-state index contributed by atoms with van der Waals surface area (Å²) in [5, 5.41) is 10.0. The maximum atomic E-state index is 13.4. The molecule has 1 fully saturated rings. The van der Waals surface area contributed by atoms with Gasteiger partial charge in [-0.3, -0.25) is 4.79 Å². The molecule has 7 nitrogen and oxygen atoms in total. The van der Waals surface area contributed by atoms with Crippen LogP contribution in [0, 0.1) is 11.8 Å². The van der Waals surface area contributed by atoms with Gasteiger partial charge in [0.15, 0.2) is 0 Å². The van der Waals surface area contributed by atoms with E-state index in [0.717, 1.165) is 36.8 Å². The molecule has 0 radical (unpaired) electrons. The number of nitrogens with two attached hydrogens (primary N) is 1. The van der Waals surface area contributed by atoms with Crippen molar-refractivity contribution in [1.29, 1.82) is 0 Å². The van der Waals surface area contributed by atoms with Gasteiger partial charge in [0.05, 0.1) is 29.6 Å². The van der Waals surface area contributed by atoms with Crippen LogP contribution in [0.2, 0.25) is 0 Å². The molecule has 2 heterocycles. The summed E-state index contributed by atoms with van der Waals surface area (Å²) in [5.41, 5.74) is 7.58. The first kappa shape index (κ1) is 27.9. The van der Waals surface area contributed by atoms with E-state index in [0.29, 0.717) is 22.9 Å². The maximum Gasteiger partial charge on any atom is 0.406 e. The monoisotopic (exact) mass is 514 g/mol. The van der Waals surface area contributed by atoms with E-state index in [4.69, 9.17) is 5.73 Å². The SMILES string of the molecule is CNC.NC(=O)c1ccc(NCC#Cc2cc3c(NC4CCCCC4)cccc3n2CC(F)(F)F)cn1. The van der Waals surface area contributed by atoms with Crippen LogP contribution in [0.25, 0.3) is 10.9 Å². The third kappa shape index (κ3) is 8.15. The van der Waals surface area contributed by atoms with Gasteiger partial charge >= 0.3 is 6.18 Å². The first-order valence-corrected chi connectivity index (χ1v) is 12.2. The van der Waals surface area contributed by atoms with Gasteiger partial charge in [0.1, 0.15) is 12.2 Å².